The summed E-state index contributed by atoms with van der Waals surface area (Å²) in [6, 6.07) is 5.13. The number of piperidine rings is 1. The Balaban J connectivity index is 1.17. The number of hydrogen-bond acceptors (Lipinski definition) is 8. The van der Waals surface area contributed by atoms with Crippen LogP contribution in [0, 0.1) is 11.8 Å². The fraction of sp³-hybridized carbons (Fsp3) is 0.500. The number of nitrogens with one attached hydrogen (secondary N) is 1. The van der Waals surface area contributed by atoms with E-state index in [2.05, 4.69) is 10.3 Å². The molecule has 1 aliphatic heterocycles. The zero-order valence-corrected chi connectivity index (χ0v) is 23.8. The summed E-state index contributed by atoms with van der Waals surface area (Å²) in [6.45, 7) is 3.59. The normalized spacial score (nSPS) is 16.6. The quantitative estimate of drug-likeness (QED) is 0.351. The molecular formula is C28H34ClN3O6S. The molecule has 39 heavy (non-hydrogen) atoms. The lowest BCUT2D eigenvalue weighted by molar-refractivity contribution is -0.148. The van der Waals surface area contributed by atoms with E-state index < -0.39 is 0 Å². The van der Waals surface area contributed by atoms with Crippen molar-refractivity contribution in [1.29, 1.82) is 0 Å². The van der Waals surface area contributed by atoms with Crippen LogP contribution >= 0.6 is 22.9 Å². The number of benzene rings is 1. The molecule has 1 N–H and O–H groups in total. The summed E-state index contributed by atoms with van der Waals surface area (Å²) in [5, 5.41) is 3.79. The predicted octanol–water partition coefficient (Wildman–Crippen LogP) is 5.09. The van der Waals surface area contributed by atoms with Crippen molar-refractivity contribution in [3.63, 3.8) is 0 Å². The third-order valence-electron chi connectivity index (χ3n) is 6.67. The van der Waals surface area contributed by atoms with E-state index in [1.165, 1.54) is 31.3 Å². The summed E-state index contributed by atoms with van der Waals surface area (Å²) in [5.74, 6) is 1.24. The molecule has 2 fully saturated rings. The number of rotatable bonds is 12. The minimum absolute atomic E-state index is 0.0747. The number of aromatic nitrogens is 1. The first-order chi connectivity index (χ1) is 18.8. The maximum atomic E-state index is 12.5. The molecule has 2 heterocycles. The van der Waals surface area contributed by atoms with E-state index in [1.54, 1.807) is 23.2 Å². The second-order valence-electron chi connectivity index (χ2n) is 9.87. The Morgan fingerprint density at radius 2 is 1.97 bits per heavy atom. The number of nitrogens with zero attached hydrogens (tertiary/aromatic N) is 2. The number of halogens is 1. The summed E-state index contributed by atoms with van der Waals surface area (Å²) in [6.07, 6.45) is 9.28. The van der Waals surface area contributed by atoms with E-state index in [9.17, 15) is 14.4 Å². The number of ether oxygens (including phenoxy) is 3. The molecule has 1 aromatic heterocycles. The van der Waals surface area contributed by atoms with Crippen molar-refractivity contribution < 1.29 is 28.6 Å². The Morgan fingerprint density at radius 3 is 2.67 bits per heavy atom. The summed E-state index contributed by atoms with van der Waals surface area (Å²) in [4.78, 5) is 43.3. The van der Waals surface area contributed by atoms with Crippen molar-refractivity contribution in [2.75, 3.05) is 26.8 Å². The van der Waals surface area contributed by atoms with Crippen molar-refractivity contribution in [1.82, 2.24) is 15.2 Å². The molecule has 4 rings (SSSR count). The Bertz CT molecular complexity index is 1190. The van der Waals surface area contributed by atoms with Gasteiger partial charge in [-0.3, -0.25) is 14.4 Å². The molecule has 0 unspecified atom stereocenters. The van der Waals surface area contributed by atoms with Gasteiger partial charge in [0, 0.05) is 44.2 Å². The van der Waals surface area contributed by atoms with Crippen molar-refractivity contribution >= 4 is 46.8 Å². The Kier molecular flexibility index (Phi) is 10.2. The zero-order chi connectivity index (χ0) is 27.8. The van der Waals surface area contributed by atoms with Gasteiger partial charge in [0.25, 0.3) is 5.19 Å². The first-order valence-corrected chi connectivity index (χ1v) is 14.4. The van der Waals surface area contributed by atoms with E-state index in [4.69, 9.17) is 25.8 Å². The molecular weight excluding hydrogens is 542 g/mol. The van der Waals surface area contributed by atoms with Crippen LogP contribution in [-0.2, 0) is 19.1 Å². The first kappa shape index (κ1) is 28.9. The Hall–Kier alpha value is -3.11. The molecule has 2 aliphatic rings. The smallest absolute Gasteiger partial charge is 0.308 e. The fourth-order valence-corrected chi connectivity index (χ4v) is 5.06. The van der Waals surface area contributed by atoms with Gasteiger partial charge in [0.2, 0.25) is 11.8 Å². The van der Waals surface area contributed by atoms with Gasteiger partial charge in [-0.25, -0.2) is 4.98 Å². The van der Waals surface area contributed by atoms with Crippen molar-refractivity contribution in [2.45, 2.75) is 51.5 Å². The Morgan fingerprint density at radius 1 is 1.21 bits per heavy atom. The number of amides is 2. The SMILES string of the molecule is COC(=O)C1CCN(C(=O)CCC(=O)N[C@@H](C)C=Cc2cnc(Oc3ccc(OCC4CC4)cc3Cl)s2)CC1. The maximum absolute atomic E-state index is 12.5. The highest BCUT2D eigenvalue weighted by molar-refractivity contribution is 7.14. The number of hydrogen-bond donors (Lipinski definition) is 1. The average molecular weight is 576 g/mol. The van der Waals surface area contributed by atoms with Crippen LogP contribution in [0.4, 0.5) is 0 Å². The molecule has 1 aromatic carbocycles. The Labute approximate surface area is 237 Å². The number of likely N-dealkylation sites (tertiary alicyclic amines) is 1. The monoisotopic (exact) mass is 575 g/mol. The van der Waals surface area contributed by atoms with E-state index in [1.807, 2.05) is 25.1 Å². The van der Waals surface area contributed by atoms with Crippen LogP contribution in [0.2, 0.25) is 5.02 Å². The topological polar surface area (TPSA) is 107 Å². The largest absolute Gasteiger partial charge is 0.493 e. The van der Waals surface area contributed by atoms with Crippen LogP contribution in [0.3, 0.4) is 0 Å². The van der Waals surface area contributed by atoms with Crippen molar-refractivity contribution in [3.8, 4) is 16.7 Å². The lowest BCUT2D eigenvalue weighted by Gasteiger charge is -2.30. The van der Waals surface area contributed by atoms with Crippen molar-refractivity contribution in [3.05, 3.63) is 40.4 Å². The van der Waals surface area contributed by atoms with Gasteiger partial charge < -0.3 is 24.4 Å². The second kappa shape index (κ2) is 13.8. The van der Waals surface area contributed by atoms with Crippen molar-refractivity contribution in [2.24, 2.45) is 11.8 Å². The minimum atomic E-state index is -0.229. The molecule has 210 valence electrons. The van der Waals surface area contributed by atoms with Crippen LogP contribution in [-0.4, -0.2) is 60.5 Å². The summed E-state index contributed by atoms with van der Waals surface area (Å²) in [7, 11) is 1.38. The van der Waals surface area contributed by atoms with Gasteiger partial charge in [-0.2, -0.15) is 0 Å². The van der Waals surface area contributed by atoms with Crippen LogP contribution in [0.15, 0.2) is 30.5 Å². The molecule has 1 atom stereocenters. The summed E-state index contributed by atoms with van der Waals surface area (Å²) >= 11 is 7.71. The van der Waals surface area contributed by atoms with Gasteiger partial charge in [0.15, 0.2) is 0 Å². The first-order valence-electron chi connectivity index (χ1n) is 13.2. The maximum Gasteiger partial charge on any atom is 0.308 e. The van der Waals surface area contributed by atoms with E-state index in [0.29, 0.717) is 54.4 Å². The third kappa shape index (κ3) is 8.96. The summed E-state index contributed by atoms with van der Waals surface area (Å²) in [5.41, 5.74) is 0. The van der Waals surface area contributed by atoms with E-state index >= 15 is 0 Å². The molecule has 0 radical (unpaired) electrons. The van der Waals surface area contributed by atoms with Crippen LogP contribution in [0.5, 0.6) is 16.7 Å². The lowest BCUT2D eigenvalue weighted by atomic mass is 9.97. The molecule has 2 amide bonds. The molecule has 1 aliphatic carbocycles. The average Bonchev–Trinajstić information content (AvgIpc) is 3.67. The molecule has 1 saturated heterocycles. The van der Waals surface area contributed by atoms with Gasteiger partial charge in [0.1, 0.15) is 11.5 Å². The van der Waals surface area contributed by atoms with Gasteiger partial charge in [-0.1, -0.05) is 29.0 Å². The number of esters is 1. The van der Waals surface area contributed by atoms with E-state index in [-0.39, 0.29) is 42.6 Å². The van der Waals surface area contributed by atoms with Gasteiger partial charge in [-0.05, 0) is 56.7 Å². The van der Waals surface area contributed by atoms with Crippen LogP contribution in [0.1, 0.15) is 50.3 Å². The second-order valence-corrected chi connectivity index (χ2v) is 11.3. The molecule has 1 saturated carbocycles. The number of carbonyl (C=O) groups is 3. The summed E-state index contributed by atoms with van der Waals surface area (Å²) < 4.78 is 16.4. The number of carbonyl (C=O) groups excluding carboxylic acids is 3. The van der Waals surface area contributed by atoms with Crippen LogP contribution in [0.25, 0.3) is 6.08 Å². The zero-order valence-electron chi connectivity index (χ0n) is 22.2. The molecule has 9 nitrogen and oxygen atoms in total. The molecule has 0 spiro atoms. The van der Waals surface area contributed by atoms with Gasteiger partial charge in [0.05, 0.1) is 29.5 Å². The molecule has 0 bridgehead atoms. The minimum Gasteiger partial charge on any atom is -0.493 e. The lowest BCUT2D eigenvalue weighted by Crippen LogP contribution is -2.41. The van der Waals surface area contributed by atoms with E-state index in [0.717, 1.165) is 10.6 Å². The highest BCUT2D eigenvalue weighted by Crippen LogP contribution is 2.35. The van der Waals surface area contributed by atoms with Gasteiger partial charge in [-0.15, -0.1) is 0 Å². The fourth-order valence-electron chi connectivity index (χ4n) is 4.16. The van der Waals surface area contributed by atoms with Crippen LogP contribution < -0.4 is 14.8 Å². The number of methoxy groups -OCH3 is 1. The molecule has 11 heteroatoms. The third-order valence-corrected chi connectivity index (χ3v) is 7.81. The highest BCUT2D eigenvalue weighted by atomic mass is 35.5. The predicted molar refractivity (Wildman–Crippen MR) is 149 cm³/mol. The number of thiazole rings is 1. The molecule has 2 aromatic rings. The van der Waals surface area contributed by atoms with Gasteiger partial charge >= 0.3 is 5.97 Å². The standard InChI is InChI=1S/C28H34ClN3O6S/c1-18(31-25(33)9-10-26(34)32-13-11-20(12-14-32)27(35)36-2)3-7-22-16-30-28(39-22)38-24-8-6-21(15-23(24)29)37-17-19-4-5-19/h3,6-8,15-16,18-20H,4-5,9-14,17H2,1-2H3,(H,31,33)/t18-/m0/s1. The highest BCUT2D eigenvalue weighted by Gasteiger charge is 2.28.